The number of pyridine rings is 1. The molecule has 2 rings (SSSR count). The first-order valence-electron chi connectivity index (χ1n) is 5.20. The maximum Gasteiger partial charge on any atom is 0.292 e. The summed E-state index contributed by atoms with van der Waals surface area (Å²) in [4.78, 5) is 14.6. The molecule has 2 aromatic rings. The lowest BCUT2D eigenvalue weighted by Crippen LogP contribution is -1.99. The zero-order chi connectivity index (χ0) is 13.1. The van der Waals surface area contributed by atoms with Crippen LogP contribution < -0.4 is 5.32 Å². The van der Waals surface area contributed by atoms with Crippen LogP contribution in [-0.4, -0.2) is 9.91 Å². The number of nitrogens with one attached hydrogen (secondary N) is 1. The van der Waals surface area contributed by atoms with Crippen molar-refractivity contribution >= 4 is 28.7 Å². The van der Waals surface area contributed by atoms with Crippen LogP contribution in [0.25, 0.3) is 0 Å². The Kier molecular flexibility index (Phi) is 3.43. The molecule has 0 aliphatic heterocycles. The smallest absolute Gasteiger partial charge is 0.292 e. The van der Waals surface area contributed by atoms with Crippen molar-refractivity contribution in [2.75, 3.05) is 5.32 Å². The Labute approximate surface area is 109 Å². The second kappa shape index (κ2) is 5.01. The number of anilines is 2. The molecule has 0 atom stereocenters. The number of rotatable bonds is 3. The first-order chi connectivity index (χ1) is 8.58. The van der Waals surface area contributed by atoms with Crippen molar-refractivity contribution in [3.63, 3.8) is 0 Å². The average Bonchev–Trinajstić information content (AvgIpc) is 2.32. The van der Waals surface area contributed by atoms with Gasteiger partial charge in [0, 0.05) is 17.3 Å². The third-order valence-corrected chi connectivity index (χ3v) is 2.67. The maximum atomic E-state index is 10.9. The lowest BCUT2D eigenvalue weighted by Gasteiger charge is -2.09. The van der Waals surface area contributed by atoms with Crippen LogP contribution >= 0.6 is 11.6 Å². The summed E-state index contributed by atoms with van der Waals surface area (Å²) < 4.78 is 0. The molecule has 6 heteroatoms. The first kappa shape index (κ1) is 12.3. The van der Waals surface area contributed by atoms with Crippen molar-refractivity contribution in [3.05, 3.63) is 57.4 Å². The number of nitrogens with zero attached hydrogens (tertiary/aromatic N) is 2. The number of aromatic nitrogens is 1. The Balaban J connectivity index is 2.42. The predicted molar refractivity (Wildman–Crippen MR) is 70.4 cm³/mol. The van der Waals surface area contributed by atoms with E-state index >= 15 is 0 Å². The van der Waals surface area contributed by atoms with Crippen LogP contribution in [0.1, 0.15) is 5.69 Å². The maximum absolute atomic E-state index is 10.9. The zero-order valence-corrected chi connectivity index (χ0v) is 10.3. The predicted octanol–water partition coefficient (Wildman–Crippen LogP) is 3.70. The first-order valence-corrected chi connectivity index (χ1v) is 5.58. The van der Waals surface area contributed by atoms with Gasteiger partial charge in [0.15, 0.2) is 0 Å². The summed E-state index contributed by atoms with van der Waals surface area (Å²) in [6, 6.07) is 7.93. The molecule has 0 bridgehead atoms. The molecule has 0 saturated carbocycles. The van der Waals surface area contributed by atoms with Crippen molar-refractivity contribution in [1.29, 1.82) is 0 Å². The van der Waals surface area contributed by atoms with Gasteiger partial charge in [-0.25, -0.2) is 0 Å². The van der Waals surface area contributed by atoms with Gasteiger partial charge in [0.1, 0.15) is 5.69 Å². The van der Waals surface area contributed by atoms with Gasteiger partial charge in [0.2, 0.25) is 0 Å². The molecule has 0 spiro atoms. The highest BCUT2D eigenvalue weighted by Gasteiger charge is 2.14. The summed E-state index contributed by atoms with van der Waals surface area (Å²) in [6.45, 7) is 1.82. The minimum Gasteiger partial charge on any atom is -0.348 e. The molecule has 1 aromatic heterocycles. The Hall–Kier alpha value is -2.14. The minimum absolute atomic E-state index is 0.0253. The van der Waals surface area contributed by atoms with Gasteiger partial charge in [-0.3, -0.25) is 15.1 Å². The zero-order valence-electron chi connectivity index (χ0n) is 9.55. The molecule has 18 heavy (non-hydrogen) atoms. The SMILES string of the molecule is Cc1ncccc1Nc1cc(Cl)ccc1[N+](=O)[O-]. The fraction of sp³-hybridized carbons (Fsp3) is 0.0833. The number of nitro groups is 1. The van der Waals surface area contributed by atoms with E-state index in [1.54, 1.807) is 18.3 Å². The summed E-state index contributed by atoms with van der Waals surface area (Å²) in [5.74, 6) is 0. The quantitative estimate of drug-likeness (QED) is 0.677. The minimum atomic E-state index is -0.454. The molecule has 0 amide bonds. The molecular formula is C12H10ClN3O2. The molecule has 1 aromatic carbocycles. The third-order valence-electron chi connectivity index (χ3n) is 2.43. The van der Waals surface area contributed by atoms with Gasteiger partial charge < -0.3 is 5.32 Å². The van der Waals surface area contributed by atoms with Crippen LogP contribution in [0.15, 0.2) is 36.5 Å². The fourth-order valence-electron chi connectivity index (χ4n) is 1.53. The number of nitro benzene ring substituents is 1. The number of hydrogen-bond acceptors (Lipinski definition) is 4. The highest BCUT2D eigenvalue weighted by atomic mass is 35.5. The van der Waals surface area contributed by atoms with E-state index < -0.39 is 4.92 Å². The van der Waals surface area contributed by atoms with Crippen LogP contribution in [0.2, 0.25) is 5.02 Å². The molecule has 1 heterocycles. The van der Waals surface area contributed by atoms with E-state index in [0.717, 1.165) is 5.69 Å². The Morgan fingerprint density at radius 1 is 1.33 bits per heavy atom. The summed E-state index contributed by atoms with van der Waals surface area (Å²) in [7, 11) is 0. The summed E-state index contributed by atoms with van der Waals surface area (Å²) in [5, 5.41) is 14.3. The van der Waals surface area contributed by atoms with Crippen molar-refractivity contribution in [2.24, 2.45) is 0 Å². The van der Waals surface area contributed by atoms with Crippen LogP contribution in [0.5, 0.6) is 0 Å². The van der Waals surface area contributed by atoms with Crippen molar-refractivity contribution < 1.29 is 4.92 Å². The Morgan fingerprint density at radius 3 is 2.78 bits per heavy atom. The topological polar surface area (TPSA) is 68.1 Å². The average molecular weight is 264 g/mol. The summed E-state index contributed by atoms with van der Waals surface area (Å²) >= 11 is 5.85. The molecule has 0 saturated heterocycles. The lowest BCUT2D eigenvalue weighted by molar-refractivity contribution is -0.383. The van der Waals surface area contributed by atoms with Crippen molar-refractivity contribution in [2.45, 2.75) is 6.92 Å². The third kappa shape index (κ3) is 2.57. The molecule has 92 valence electrons. The highest BCUT2D eigenvalue weighted by molar-refractivity contribution is 6.31. The lowest BCUT2D eigenvalue weighted by atomic mass is 10.2. The van der Waals surface area contributed by atoms with Crippen molar-refractivity contribution in [3.8, 4) is 0 Å². The molecule has 0 aliphatic rings. The molecule has 0 radical (unpaired) electrons. The molecule has 1 N–H and O–H groups in total. The van der Waals surface area contributed by atoms with Gasteiger partial charge in [-0.1, -0.05) is 11.6 Å². The van der Waals surface area contributed by atoms with Gasteiger partial charge in [-0.2, -0.15) is 0 Å². The molecule has 0 fully saturated rings. The fourth-order valence-corrected chi connectivity index (χ4v) is 1.70. The van der Waals surface area contributed by atoms with Crippen LogP contribution in [0.4, 0.5) is 17.1 Å². The number of halogens is 1. The van der Waals surface area contributed by atoms with Crippen LogP contribution in [0, 0.1) is 17.0 Å². The summed E-state index contributed by atoms with van der Waals surface area (Å²) in [5.41, 5.74) is 1.79. The van der Waals surface area contributed by atoms with E-state index in [0.29, 0.717) is 16.4 Å². The normalized spacial score (nSPS) is 10.1. The van der Waals surface area contributed by atoms with Crippen molar-refractivity contribution in [1.82, 2.24) is 4.98 Å². The van der Waals surface area contributed by atoms with Gasteiger partial charge in [0.05, 0.1) is 16.3 Å². The number of aryl methyl sites for hydroxylation is 1. The standard InChI is InChI=1S/C12H10ClN3O2/c1-8-10(3-2-6-14-8)15-11-7-9(13)4-5-12(11)16(17)18/h2-7,15H,1H3. The van der Waals surface area contributed by atoms with Gasteiger partial charge in [-0.15, -0.1) is 0 Å². The van der Waals surface area contributed by atoms with E-state index in [1.807, 2.05) is 6.92 Å². The molecular weight excluding hydrogens is 254 g/mol. The Bertz CT molecular complexity index is 602. The van der Waals surface area contributed by atoms with E-state index in [1.165, 1.54) is 18.2 Å². The summed E-state index contributed by atoms with van der Waals surface area (Å²) in [6.07, 6.45) is 1.66. The van der Waals surface area contributed by atoms with E-state index in [2.05, 4.69) is 10.3 Å². The van der Waals surface area contributed by atoms with Crippen LogP contribution in [-0.2, 0) is 0 Å². The van der Waals surface area contributed by atoms with Gasteiger partial charge >= 0.3 is 0 Å². The van der Waals surface area contributed by atoms with E-state index in [4.69, 9.17) is 11.6 Å². The van der Waals surface area contributed by atoms with Gasteiger partial charge in [-0.05, 0) is 31.2 Å². The molecule has 5 nitrogen and oxygen atoms in total. The number of hydrogen-bond donors (Lipinski definition) is 1. The molecule has 0 unspecified atom stereocenters. The van der Waals surface area contributed by atoms with E-state index in [-0.39, 0.29) is 5.69 Å². The second-order valence-corrected chi connectivity index (χ2v) is 4.12. The van der Waals surface area contributed by atoms with Gasteiger partial charge in [0.25, 0.3) is 5.69 Å². The highest BCUT2D eigenvalue weighted by Crippen LogP contribution is 2.30. The Morgan fingerprint density at radius 2 is 2.11 bits per heavy atom. The van der Waals surface area contributed by atoms with Crippen LogP contribution in [0.3, 0.4) is 0 Å². The molecule has 0 aliphatic carbocycles. The monoisotopic (exact) mass is 263 g/mol. The second-order valence-electron chi connectivity index (χ2n) is 3.68. The van der Waals surface area contributed by atoms with E-state index in [9.17, 15) is 10.1 Å². The largest absolute Gasteiger partial charge is 0.348 e. The number of benzene rings is 1.